The van der Waals surface area contributed by atoms with Crippen LogP contribution in [0, 0.1) is 0 Å². The summed E-state index contributed by atoms with van der Waals surface area (Å²) in [5.41, 5.74) is 3.87. The van der Waals surface area contributed by atoms with E-state index in [1.807, 2.05) is 0 Å². The van der Waals surface area contributed by atoms with Gasteiger partial charge < -0.3 is 15.4 Å². The van der Waals surface area contributed by atoms with Crippen molar-refractivity contribution < 1.29 is 4.74 Å². The molecule has 0 aliphatic carbocycles. The van der Waals surface area contributed by atoms with Crippen molar-refractivity contribution in [1.29, 1.82) is 0 Å². The Bertz CT molecular complexity index is 612. The maximum absolute atomic E-state index is 5.95. The van der Waals surface area contributed by atoms with E-state index in [1.54, 1.807) is 0 Å². The van der Waals surface area contributed by atoms with Crippen molar-refractivity contribution in [1.82, 2.24) is 5.32 Å². The van der Waals surface area contributed by atoms with Crippen molar-refractivity contribution in [2.45, 2.75) is 32.3 Å². The Morgan fingerprint density at radius 2 is 1.83 bits per heavy atom. The van der Waals surface area contributed by atoms with E-state index in [1.165, 1.54) is 11.1 Å². The lowest BCUT2D eigenvalue weighted by Crippen LogP contribution is -2.30. The molecular weight excluding hydrogens is 284 g/mol. The van der Waals surface area contributed by atoms with Gasteiger partial charge in [0.05, 0.1) is 12.2 Å². The van der Waals surface area contributed by atoms with Crippen molar-refractivity contribution >= 4 is 5.69 Å². The lowest BCUT2D eigenvalue weighted by Gasteiger charge is -2.27. The molecule has 1 aliphatic rings. The first-order valence-electron chi connectivity index (χ1n) is 8.63. The minimum Gasteiger partial charge on any atom is -0.486 e. The summed E-state index contributed by atoms with van der Waals surface area (Å²) in [5, 5.41) is 7.01. The van der Waals surface area contributed by atoms with E-state index >= 15 is 0 Å². The summed E-state index contributed by atoms with van der Waals surface area (Å²) >= 11 is 0. The van der Waals surface area contributed by atoms with E-state index in [0.29, 0.717) is 6.10 Å². The van der Waals surface area contributed by atoms with E-state index in [0.717, 1.165) is 50.3 Å². The average Bonchev–Trinajstić information content (AvgIpc) is 2.62. The molecule has 0 radical (unpaired) electrons. The predicted molar refractivity (Wildman–Crippen MR) is 96.4 cm³/mol. The van der Waals surface area contributed by atoms with Gasteiger partial charge in [0.1, 0.15) is 11.9 Å². The molecule has 3 heteroatoms. The van der Waals surface area contributed by atoms with Gasteiger partial charge in [-0.1, -0.05) is 43.3 Å². The standard InChI is InChI=1S/C20H26N2O/c1-2-18-15-22-19-14-17(8-9-20(19)23-18)11-13-21-12-10-16-6-4-3-5-7-16/h3-9,14,18,21-22H,2,10-13,15H2,1H3. The largest absolute Gasteiger partial charge is 0.486 e. The van der Waals surface area contributed by atoms with Gasteiger partial charge in [0, 0.05) is 0 Å². The Morgan fingerprint density at radius 1 is 1.04 bits per heavy atom. The van der Waals surface area contributed by atoms with Crippen LogP contribution in [-0.4, -0.2) is 25.7 Å². The minimum absolute atomic E-state index is 0.299. The summed E-state index contributed by atoms with van der Waals surface area (Å²) in [6, 6.07) is 17.1. The molecule has 0 aromatic heterocycles. The van der Waals surface area contributed by atoms with Crippen LogP contribution in [0.15, 0.2) is 48.5 Å². The molecule has 2 aromatic carbocycles. The van der Waals surface area contributed by atoms with Gasteiger partial charge in [-0.05, 0) is 55.6 Å². The van der Waals surface area contributed by atoms with Gasteiger partial charge in [-0.25, -0.2) is 0 Å². The zero-order chi connectivity index (χ0) is 15.9. The summed E-state index contributed by atoms with van der Waals surface area (Å²) in [6.45, 7) is 5.09. The number of anilines is 1. The zero-order valence-electron chi connectivity index (χ0n) is 13.8. The van der Waals surface area contributed by atoms with Crippen molar-refractivity contribution in [3.05, 3.63) is 59.7 Å². The highest BCUT2D eigenvalue weighted by Gasteiger charge is 2.17. The summed E-state index contributed by atoms with van der Waals surface area (Å²) in [4.78, 5) is 0. The molecule has 2 aromatic rings. The zero-order valence-corrected chi connectivity index (χ0v) is 13.8. The van der Waals surface area contributed by atoms with Gasteiger partial charge in [0.15, 0.2) is 0 Å². The number of ether oxygens (including phenoxy) is 1. The maximum atomic E-state index is 5.95. The van der Waals surface area contributed by atoms with Crippen molar-refractivity contribution in [3.63, 3.8) is 0 Å². The van der Waals surface area contributed by atoms with Crippen molar-refractivity contribution in [2.75, 3.05) is 25.0 Å². The number of rotatable bonds is 7. The van der Waals surface area contributed by atoms with Gasteiger partial charge in [-0.3, -0.25) is 0 Å². The van der Waals surface area contributed by atoms with E-state index in [2.05, 4.69) is 66.1 Å². The molecule has 1 aliphatic heterocycles. The van der Waals surface area contributed by atoms with Gasteiger partial charge in [-0.15, -0.1) is 0 Å². The molecule has 23 heavy (non-hydrogen) atoms. The highest BCUT2D eigenvalue weighted by Crippen LogP contribution is 2.30. The molecule has 0 saturated carbocycles. The quantitative estimate of drug-likeness (QED) is 0.766. The van der Waals surface area contributed by atoms with Crippen LogP contribution in [0.3, 0.4) is 0 Å². The molecule has 3 nitrogen and oxygen atoms in total. The number of nitrogens with one attached hydrogen (secondary N) is 2. The molecule has 0 bridgehead atoms. The fourth-order valence-corrected chi connectivity index (χ4v) is 2.88. The molecule has 1 heterocycles. The number of fused-ring (bicyclic) bond motifs is 1. The van der Waals surface area contributed by atoms with Crippen LogP contribution in [-0.2, 0) is 12.8 Å². The summed E-state index contributed by atoms with van der Waals surface area (Å²) in [5.74, 6) is 0.990. The van der Waals surface area contributed by atoms with Gasteiger partial charge in [0.2, 0.25) is 0 Å². The fourth-order valence-electron chi connectivity index (χ4n) is 2.88. The Balaban J connectivity index is 1.42. The topological polar surface area (TPSA) is 33.3 Å². The summed E-state index contributed by atoms with van der Waals surface area (Å²) < 4.78 is 5.95. The third kappa shape index (κ3) is 4.49. The second-order valence-electron chi connectivity index (χ2n) is 6.10. The molecule has 1 atom stereocenters. The number of benzene rings is 2. The van der Waals surface area contributed by atoms with Crippen LogP contribution in [0.1, 0.15) is 24.5 Å². The van der Waals surface area contributed by atoms with Crippen LogP contribution in [0.5, 0.6) is 5.75 Å². The van der Waals surface area contributed by atoms with Gasteiger partial charge in [-0.2, -0.15) is 0 Å². The Hall–Kier alpha value is -2.00. The fraction of sp³-hybridized carbons (Fsp3) is 0.400. The van der Waals surface area contributed by atoms with E-state index in [9.17, 15) is 0 Å². The SMILES string of the molecule is CCC1CNc2cc(CCNCCc3ccccc3)ccc2O1. The predicted octanol–water partition coefficient (Wildman–Crippen LogP) is 3.64. The van der Waals surface area contributed by atoms with Crippen molar-refractivity contribution in [3.8, 4) is 5.75 Å². The highest BCUT2D eigenvalue weighted by molar-refractivity contribution is 5.59. The lowest BCUT2D eigenvalue weighted by molar-refractivity contribution is 0.202. The molecule has 0 saturated heterocycles. The van der Waals surface area contributed by atoms with Gasteiger partial charge >= 0.3 is 0 Å². The lowest BCUT2D eigenvalue weighted by atomic mass is 10.1. The Morgan fingerprint density at radius 3 is 2.61 bits per heavy atom. The molecule has 0 fully saturated rings. The molecule has 0 spiro atoms. The van der Waals surface area contributed by atoms with Crippen molar-refractivity contribution in [2.24, 2.45) is 0 Å². The molecule has 1 unspecified atom stereocenters. The van der Waals surface area contributed by atoms with E-state index < -0.39 is 0 Å². The first-order valence-corrected chi connectivity index (χ1v) is 8.63. The first kappa shape index (κ1) is 15.9. The molecular formula is C20H26N2O. The van der Waals surface area contributed by atoms with Crippen LogP contribution < -0.4 is 15.4 Å². The third-order valence-electron chi connectivity index (χ3n) is 4.34. The second-order valence-corrected chi connectivity index (χ2v) is 6.10. The average molecular weight is 310 g/mol. The number of hydrogen-bond donors (Lipinski definition) is 2. The Labute approximate surface area is 139 Å². The highest BCUT2D eigenvalue weighted by atomic mass is 16.5. The van der Waals surface area contributed by atoms with Gasteiger partial charge in [0.25, 0.3) is 0 Å². The summed E-state index contributed by atoms with van der Waals surface area (Å²) in [6.07, 6.45) is 3.47. The normalized spacial score (nSPS) is 16.3. The third-order valence-corrected chi connectivity index (χ3v) is 4.34. The smallest absolute Gasteiger partial charge is 0.142 e. The second kappa shape index (κ2) is 8.02. The molecule has 2 N–H and O–H groups in total. The molecule has 3 rings (SSSR count). The maximum Gasteiger partial charge on any atom is 0.142 e. The van der Waals surface area contributed by atoms with Crippen LogP contribution >= 0.6 is 0 Å². The molecule has 122 valence electrons. The Kier molecular flexibility index (Phi) is 5.54. The van der Waals surface area contributed by atoms with Crippen LogP contribution in [0.4, 0.5) is 5.69 Å². The van der Waals surface area contributed by atoms with E-state index in [-0.39, 0.29) is 0 Å². The molecule has 0 amide bonds. The first-order chi connectivity index (χ1) is 11.3. The van der Waals surface area contributed by atoms with Crippen LogP contribution in [0.25, 0.3) is 0 Å². The van der Waals surface area contributed by atoms with E-state index in [4.69, 9.17) is 4.74 Å². The number of hydrogen-bond acceptors (Lipinski definition) is 3. The van der Waals surface area contributed by atoms with Crippen LogP contribution in [0.2, 0.25) is 0 Å². The minimum atomic E-state index is 0.299. The monoisotopic (exact) mass is 310 g/mol. The summed E-state index contributed by atoms with van der Waals surface area (Å²) in [7, 11) is 0.